The second-order valence-electron chi connectivity index (χ2n) is 10.8. The molecule has 3 aliphatic rings. The Balaban J connectivity index is 1.48. The molecule has 3 fully saturated rings. The molecule has 206 valence electrons. The molecule has 0 bridgehead atoms. The SMILES string of the molecule is CCc1cc(F)c(N(C(=O)[C@H]2CNC[C@@H](C(=O)NC3(C)CCOCC3)C2)C2CC2)cc1OCCCOC. The third-order valence-electron chi connectivity index (χ3n) is 7.76. The van der Waals surface area contributed by atoms with Gasteiger partial charge in [-0.1, -0.05) is 6.92 Å². The van der Waals surface area contributed by atoms with E-state index in [-0.39, 0.29) is 35.0 Å². The molecule has 4 rings (SSSR count). The van der Waals surface area contributed by atoms with E-state index in [1.54, 1.807) is 18.1 Å². The molecule has 0 aromatic heterocycles. The predicted octanol–water partition coefficient (Wildman–Crippen LogP) is 3.21. The standard InChI is InChI=1S/C28H42FN3O5/c1-4-19-15-23(29)24(16-25(19)37-11-5-10-35-3)32(22-6-7-22)27(34)21-14-20(17-30-18-21)26(33)31-28(2)8-12-36-13-9-28/h15-16,20-22,30H,4-14,17-18H2,1-3H3,(H,31,33)/t20-,21+/m0/s1. The van der Waals surface area contributed by atoms with E-state index in [1.165, 1.54) is 6.07 Å². The molecule has 1 saturated carbocycles. The lowest BCUT2D eigenvalue weighted by molar-refractivity contribution is -0.130. The number of piperidine rings is 1. The van der Waals surface area contributed by atoms with Crippen molar-refractivity contribution >= 4 is 17.5 Å². The number of nitrogens with zero attached hydrogens (tertiary/aromatic N) is 1. The Labute approximate surface area is 219 Å². The van der Waals surface area contributed by atoms with Crippen LogP contribution in [0.25, 0.3) is 0 Å². The van der Waals surface area contributed by atoms with Gasteiger partial charge in [-0.3, -0.25) is 9.59 Å². The highest BCUT2D eigenvalue weighted by Gasteiger charge is 2.41. The van der Waals surface area contributed by atoms with E-state index >= 15 is 4.39 Å². The van der Waals surface area contributed by atoms with Crippen LogP contribution in [0.4, 0.5) is 10.1 Å². The number of hydrogen-bond acceptors (Lipinski definition) is 6. The van der Waals surface area contributed by atoms with Crippen molar-refractivity contribution < 1.29 is 28.2 Å². The molecule has 1 aromatic carbocycles. The molecule has 9 heteroatoms. The number of aryl methyl sites for hydroxylation is 1. The lowest BCUT2D eigenvalue weighted by atomic mass is 9.86. The first-order chi connectivity index (χ1) is 17.8. The number of nitrogens with one attached hydrogen (secondary N) is 2. The second kappa shape index (κ2) is 12.5. The van der Waals surface area contributed by atoms with Gasteiger partial charge in [0.1, 0.15) is 11.6 Å². The molecule has 37 heavy (non-hydrogen) atoms. The molecule has 2 aliphatic heterocycles. The molecule has 0 unspecified atom stereocenters. The molecule has 2 atom stereocenters. The van der Waals surface area contributed by atoms with Crippen molar-refractivity contribution in [3.8, 4) is 5.75 Å². The van der Waals surface area contributed by atoms with Crippen molar-refractivity contribution in [3.05, 3.63) is 23.5 Å². The minimum absolute atomic E-state index is 0.0221. The van der Waals surface area contributed by atoms with Gasteiger partial charge >= 0.3 is 0 Å². The van der Waals surface area contributed by atoms with E-state index in [1.807, 2.05) is 6.92 Å². The number of hydrogen-bond donors (Lipinski definition) is 2. The highest BCUT2D eigenvalue weighted by molar-refractivity contribution is 5.97. The molecule has 0 spiro atoms. The lowest BCUT2D eigenvalue weighted by Gasteiger charge is -2.38. The van der Waals surface area contributed by atoms with Crippen LogP contribution in [0, 0.1) is 17.7 Å². The van der Waals surface area contributed by atoms with Crippen LogP contribution in [0.15, 0.2) is 12.1 Å². The van der Waals surface area contributed by atoms with Gasteiger partial charge in [0.2, 0.25) is 11.8 Å². The number of anilines is 1. The molecule has 2 heterocycles. The third kappa shape index (κ3) is 7.00. The largest absolute Gasteiger partial charge is 0.493 e. The third-order valence-corrected chi connectivity index (χ3v) is 7.76. The fourth-order valence-electron chi connectivity index (χ4n) is 5.27. The molecule has 0 radical (unpaired) electrons. The molecule has 1 aliphatic carbocycles. The van der Waals surface area contributed by atoms with Gasteiger partial charge in [0, 0.05) is 64.1 Å². The molecule has 8 nitrogen and oxygen atoms in total. The summed E-state index contributed by atoms with van der Waals surface area (Å²) in [7, 11) is 1.64. The summed E-state index contributed by atoms with van der Waals surface area (Å²) in [6.07, 6.45) is 5.04. The minimum atomic E-state index is -0.410. The number of rotatable bonds is 11. The predicted molar refractivity (Wildman–Crippen MR) is 139 cm³/mol. The monoisotopic (exact) mass is 519 g/mol. The Morgan fingerprint density at radius 2 is 1.92 bits per heavy atom. The zero-order valence-electron chi connectivity index (χ0n) is 22.4. The van der Waals surface area contributed by atoms with Crippen LogP contribution < -0.4 is 20.3 Å². The van der Waals surface area contributed by atoms with Crippen molar-refractivity contribution in [2.45, 2.75) is 70.4 Å². The summed E-state index contributed by atoms with van der Waals surface area (Å²) in [5.74, 6) is -0.667. The van der Waals surface area contributed by atoms with E-state index in [0.29, 0.717) is 58.1 Å². The maximum atomic E-state index is 15.4. The van der Waals surface area contributed by atoms with Gasteiger partial charge in [0.15, 0.2) is 0 Å². The van der Waals surface area contributed by atoms with Crippen LogP contribution in [0.1, 0.15) is 57.9 Å². The molecule has 2 saturated heterocycles. The fourth-order valence-corrected chi connectivity index (χ4v) is 5.27. The summed E-state index contributed by atoms with van der Waals surface area (Å²) in [4.78, 5) is 28.6. The summed E-state index contributed by atoms with van der Waals surface area (Å²) in [5, 5.41) is 6.49. The van der Waals surface area contributed by atoms with Gasteiger partial charge in [-0.05, 0) is 57.1 Å². The highest BCUT2D eigenvalue weighted by Crippen LogP contribution is 2.38. The van der Waals surface area contributed by atoms with Crippen molar-refractivity contribution in [2.24, 2.45) is 11.8 Å². The topological polar surface area (TPSA) is 89.1 Å². The Morgan fingerprint density at radius 3 is 2.59 bits per heavy atom. The first-order valence-corrected chi connectivity index (χ1v) is 13.7. The number of carbonyl (C=O) groups excluding carboxylic acids is 2. The van der Waals surface area contributed by atoms with E-state index in [4.69, 9.17) is 14.2 Å². The highest BCUT2D eigenvalue weighted by atomic mass is 19.1. The molecule has 2 amide bonds. The van der Waals surface area contributed by atoms with Gasteiger partial charge in [0.25, 0.3) is 0 Å². The molecule has 1 aromatic rings. The van der Waals surface area contributed by atoms with Crippen LogP contribution in [0.2, 0.25) is 0 Å². The summed E-state index contributed by atoms with van der Waals surface area (Å²) >= 11 is 0. The number of benzene rings is 1. The number of ether oxygens (including phenoxy) is 3. The number of methoxy groups -OCH3 is 1. The van der Waals surface area contributed by atoms with Gasteiger partial charge in [-0.2, -0.15) is 0 Å². The number of halogens is 1. The maximum Gasteiger partial charge on any atom is 0.231 e. The zero-order valence-corrected chi connectivity index (χ0v) is 22.4. The van der Waals surface area contributed by atoms with Gasteiger partial charge < -0.3 is 29.7 Å². The molecular weight excluding hydrogens is 477 g/mol. The minimum Gasteiger partial charge on any atom is -0.493 e. The summed E-state index contributed by atoms with van der Waals surface area (Å²) in [5.41, 5.74) is 0.767. The van der Waals surface area contributed by atoms with Gasteiger partial charge in [0.05, 0.1) is 24.1 Å². The fraction of sp³-hybridized carbons (Fsp3) is 0.714. The first kappa shape index (κ1) is 27.8. The maximum absolute atomic E-state index is 15.4. The van der Waals surface area contributed by atoms with Crippen LogP contribution in [-0.2, 0) is 25.5 Å². The van der Waals surface area contributed by atoms with Crippen LogP contribution in [-0.4, -0.2) is 70.0 Å². The Hall–Kier alpha value is -2.23. The van der Waals surface area contributed by atoms with Crippen molar-refractivity contribution in [3.63, 3.8) is 0 Å². The van der Waals surface area contributed by atoms with Crippen molar-refractivity contribution in [1.82, 2.24) is 10.6 Å². The first-order valence-electron chi connectivity index (χ1n) is 13.7. The van der Waals surface area contributed by atoms with Crippen LogP contribution in [0.5, 0.6) is 5.75 Å². The molecule has 2 N–H and O–H groups in total. The summed E-state index contributed by atoms with van der Waals surface area (Å²) in [6, 6.07) is 3.16. The Bertz CT molecular complexity index is 948. The van der Waals surface area contributed by atoms with E-state index in [2.05, 4.69) is 17.6 Å². The number of carbonyl (C=O) groups is 2. The van der Waals surface area contributed by atoms with Crippen LogP contribution >= 0.6 is 0 Å². The zero-order chi connectivity index (χ0) is 26.4. The smallest absolute Gasteiger partial charge is 0.231 e. The van der Waals surface area contributed by atoms with E-state index in [0.717, 1.165) is 37.7 Å². The number of amides is 2. The van der Waals surface area contributed by atoms with Crippen molar-refractivity contribution in [2.75, 3.05) is 51.5 Å². The van der Waals surface area contributed by atoms with E-state index < -0.39 is 11.7 Å². The average Bonchev–Trinajstić information content (AvgIpc) is 3.73. The van der Waals surface area contributed by atoms with Crippen molar-refractivity contribution in [1.29, 1.82) is 0 Å². The Morgan fingerprint density at radius 1 is 1.19 bits per heavy atom. The quantitative estimate of drug-likeness (QED) is 0.437. The lowest BCUT2D eigenvalue weighted by Crippen LogP contribution is -2.55. The van der Waals surface area contributed by atoms with Gasteiger partial charge in [-0.25, -0.2) is 4.39 Å². The second-order valence-corrected chi connectivity index (χ2v) is 10.8. The van der Waals surface area contributed by atoms with Crippen LogP contribution in [0.3, 0.4) is 0 Å². The normalized spacial score (nSPS) is 23.4. The average molecular weight is 520 g/mol. The molecular formula is C28H42FN3O5. The van der Waals surface area contributed by atoms with E-state index in [9.17, 15) is 9.59 Å². The summed E-state index contributed by atoms with van der Waals surface area (Å²) < 4.78 is 31.9. The van der Waals surface area contributed by atoms with Gasteiger partial charge in [-0.15, -0.1) is 0 Å². The Kier molecular flexibility index (Phi) is 9.42. The summed E-state index contributed by atoms with van der Waals surface area (Å²) in [6.45, 7) is 7.33.